The second-order valence-electron chi connectivity index (χ2n) is 6.15. The van der Waals surface area contributed by atoms with Crippen LogP contribution < -0.4 is 10.1 Å². The molecular formula is C20H29NO2. The van der Waals surface area contributed by atoms with E-state index in [1.54, 1.807) is 6.92 Å². The number of aliphatic hydroxyl groups excluding tert-OH is 1. The van der Waals surface area contributed by atoms with Crippen LogP contribution in [0.4, 0.5) is 0 Å². The van der Waals surface area contributed by atoms with Crippen molar-refractivity contribution in [1.29, 1.82) is 0 Å². The average Bonchev–Trinajstić information content (AvgIpc) is 2.55. The smallest absolute Gasteiger partial charge is 0.124 e. The summed E-state index contributed by atoms with van der Waals surface area (Å²) >= 11 is 0. The lowest BCUT2D eigenvalue weighted by Crippen LogP contribution is -2.24. The summed E-state index contributed by atoms with van der Waals surface area (Å²) < 4.78 is 6.05. The number of ether oxygens (including phenoxy) is 1. The maximum absolute atomic E-state index is 9.44. The third-order valence-electron chi connectivity index (χ3n) is 3.99. The van der Waals surface area contributed by atoms with Crippen LogP contribution in [0, 0.1) is 0 Å². The fourth-order valence-corrected chi connectivity index (χ4v) is 2.75. The third kappa shape index (κ3) is 5.52. The first-order valence-electron chi connectivity index (χ1n) is 8.74. The first-order chi connectivity index (χ1) is 11.2. The van der Waals surface area contributed by atoms with Crippen molar-refractivity contribution in [2.75, 3.05) is 13.2 Å². The molecule has 3 heteroatoms. The summed E-state index contributed by atoms with van der Waals surface area (Å²) in [7, 11) is 0. The predicted molar refractivity (Wildman–Crippen MR) is 97.0 cm³/mol. The molecule has 0 amide bonds. The molecule has 1 atom stereocenters. The van der Waals surface area contributed by atoms with E-state index in [0.717, 1.165) is 18.8 Å². The van der Waals surface area contributed by atoms with E-state index in [1.807, 2.05) is 0 Å². The Hall–Kier alpha value is -1.58. The summed E-state index contributed by atoms with van der Waals surface area (Å²) in [6.07, 6.45) is 4.48. The zero-order chi connectivity index (χ0) is 16.5. The minimum atomic E-state index is -0.344. The lowest BCUT2D eigenvalue weighted by molar-refractivity contribution is 0.190. The molecule has 0 spiro atoms. The molecule has 0 fully saturated rings. The highest BCUT2D eigenvalue weighted by atomic mass is 16.5. The van der Waals surface area contributed by atoms with Crippen molar-refractivity contribution in [3.63, 3.8) is 0 Å². The quantitative estimate of drug-likeness (QED) is 0.643. The van der Waals surface area contributed by atoms with Crippen LogP contribution >= 0.6 is 0 Å². The summed E-state index contributed by atoms with van der Waals surface area (Å²) in [5.74, 6) is 0.957. The molecule has 2 aromatic carbocycles. The van der Waals surface area contributed by atoms with Crippen molar-refractivity contribution in [2.45, 2.75) is 52.2 Å². The van der Waals surface area contributed by atoms with Crippen molar-refractivity contribution in [3.8, 4) is 5.75 Å². The Morgan fingerprint density at radius 2 is 1.91 bits per heavy atom. The molecule has 23 heavy (non-hydrogen) atoms. The number of rotatable bonds is 10. The van der Waals surface area contributed by atoms with Gasteiger partial charge in [-0.2, -0.15) is 0 Å². The van der Waals surface area contributed by atoms with Gasteiger partial charge in [-0.15, -0.1) is 0 Å². The van der Waals surface area contributed by atoms with Crippen LogP contribution in [-0.4, -0.2) is 24.4 Å². The molecule has 2 rings (SSSR count). The third-order valence-corrected chi connectivity index (χ3v) is 3.99. The van der Waals surface area contributed by atoms with Crippen molar-refractivity contribution < 1.29 is 9.84 Å². The number of hydrogen-bond donors (Lipinski definition) is 2. The fourth-order valence-electron chi connectivity index (χ4n) is 2.75. The van der Waals surface area contributed by atoms with Gasteiger partial charge in [-0.25, -0.2) is 0 Å². The molecule has 126 valence electrons. The zero-order valence-electron chi connectivity index (χ0n) is 14.3. The molecule has 0 bridgehead atoms. The summed E-state index contributed by atoms with van der Waals surface area (Å²) in [5.41, 5.74) is 1.18. The fraction of sp³-hybridized carbons (Fsp3) is 0.500. The van der Waals surface area contributed by atoms with E-state index in [-0.39, 0.29) is 6.10 Å². The number of aliphatic hydroxyl groups is 1. The van der Waals surface area contributed by atoms with Gasteiger partial charge in [0, 0.05) is 18.7 Å². The Bertz CT molecular complexity index is 595. The highest BCUT2D eigenvalue weighted by molar-refractivity contribution is 5.87. The van der Waals surface area contributed by atoms with E-state index in [0.29, 0.717) is 13.1 Å². The number of hydrogen-bond acceptors (Lipinski definition) is 3. The normalized spacial score (nSPS) is 12.5. The SMILES string of the molecule is CCCCCCOc1ccc2ccccc2c1CNCC(C)O. The number of benzene rings is 2. The van der Waals surface area contributed by atoms with Crippen LogP contribution in [0.15, 0.2) is 36.4 Å². The van der Waals surface area contributed by atoms with Gasteiger partial charge < -0.3 is 15.2 Å². The summed E-state index contributed by atoms with van der Waals surface area (Å²) in [5, 5.41) is 15.2. The van der Waals surface area contributed by atoms with Crippen molar-refractivity contribution in [2.24, 2.45) is 0 Å². The molecule has 0 aliphatic carbocycles. The maximum atomic E-state index is 9.44. The molecule has 0 aliphatic rings. The van der Waals surface area contributed by atoms with Gasteiger partial charge in [0.2, 0.25) is 0 Å². The first-order valence-corrected chi connectivity index (χ1v) is 8.74. The van der Waals surface area contributed by atoms with Gasteiger partial charge in [-0.05, 0) is 30.2 Å². The van der Waals surface area contributed by atoms with Crippen LogP contribution in [0.2, 0.25) is 0 Å². The lowest BCUT2D eigenvalue weighted by Gasteiger charge is -2.15. The standard InChI is InChI=1S/C20H29NO2/c1-3-4-5-8-13-23-20-12-11-17-9-6-7-10-18(17)19(20)15-21-14-16(2)22/h6-7,9-12,16,21-22H,3-5,8,13-15H2,1-2H3. The zero-order valence-corrected chi connectivity index (χ0v) is 14.3. The number of nitrogens with one attached hydrogen (secondary N) is 1. The average molecular weight is 315 g/mol. The van der Waals surface area contributed by atoms with Crippen LogP contribution in [0.3, 0.4) is 0 Å². The van der Waals surface area contributed by atoms with Gasteiger partial charge in [0.15, 0.2) is 0 Å². The van der Waals surface area contributed by atoms with E-state index in [2.05, 4.69) is 48.6 Å². The lowest BCUT2D eigenvalue weighted by atomic mass is 10.0. The largest absolute Gasteiger partial charge is 0.493 e. The molecule has 0 radical (unpaired) electrons. The van der Waals surface area contributed by atoms with Crippen molar-refractivity contribution in [1.82, 2.24) is 5.32 Å². The van der Waals surface area contributed by atoms with Gasteiger partial charge in [0.05, 0.1) is 12.7 Å². The molecule has 2 N–H and O–H groups in total. The van der Waals surface area contributed by atoms with Gasteiger partial charge in [0.1, 0.15) is 5.75 Å². The second kappa shape index (κ2) is 9.53. The Labute approximate surface area is 139 Å². The second-order valence-corrected chi connectivity index (χ2v) is 6.15. The molecule has 2 aromatic rings. The van der Waals surface area contributed by atoms with Gasteiger partial charge in [-0.3, -0.25) is 0 Å². The van der Waals surface area contributed by atoms with Crippen LogP contribution in [0.1, 0.15) is 45.1 Å². The van der Waals surface area contributed by atoms with Gasteiger partial charge in [-0.1, -0.05) is 56.5 Å². The van der Waals surface area contributed by atoms with E-state index in [9.17, 15) is 5.11 Å². The van der Waals surface area contributed by atoms with E-state index >= 15 is 0 Å². The van der Waals surface area contributed by atoms with Crippen LogP contribution in [0.25, 0.3) is 10.8 Å². The highest BCUT2D eigenvalue weighted by Crippen LogP contribution is 2.28. The minimum absolute atomic E-state index is 0.344. The van der Waals surface area contributed by atoms with E-state index in [1.165, 1.54) is 35.6 Å². The molecule has 0 saturated heterocycles. The molecule has 3 nitrogen and oxygen atoms in total. The van der Waals surface area contributed by atoms with Crippen molar-refractivity contribution in [3.05, 3.63) is 42.0 Å². The Balaban J connectivity index is 2.10. The summed E-state index contributed by atoms with van der Waals surface area (Å²) in [4.78, 5) is 0. The van der Waals surface area contributed by atoms with Gasteiger partial charge >= 0.3 is 0 Å². The van der Waals surface area contributed by atoms with E-state index in [4.69, 9.17) is 4.74 Å². The Morgan fingerprint density at radius 3 is 2.70 bits per heavy atom. The molecule has 0 aromatic heterocycles. The van der Waals surface area contributed by atoms with Crippen LogP contribution in [-0.2, 0) is 6.54 Å². The number of fused-ring (bicyclic) bond motifs is 1. The molecular weight excluding hydrogens is 286 g/mol. The Morgan fingerprint density at radius 1 is 1.09 bits per heavy atom. The maximum Gasteiger partial charge on any atom is 0.124 e. The summed E-state index contributed by atoms with van der Waals surface area (Å²) in [6.45, 7) is 6.06. The topological polar surface area (TPSA) is 41.5 Å². The molecule has 0 heterocycles. The number of unbranched alkanes of at least 4 members (excludes halogenated alkanes) is 3. The monoisotopic (exact) mass is 315 g/mol. The van der Waals surface area contributed by atoms with Crippen molar-refractivity contribution >= 4 is 10.8 Å². The highest BCUT2D eigenvalue weighted by Gasteiger charge is 2.09. The molecule has 0 saturated carbocycles. The van der Waals surface area contributed by atoms with Gasteiger partial charge in [0.25, 0.3) is 0 Å². The van der Waals surface area contributed by atoms with E-state index < -0.39 is 0 Å². The Kier molecular flexibility index (Phi) is 7.37. The first kappa shape index (κ1) is 17.8. The molecule has 1 unspecified atom stereocenters. The minimum Gasteiger partial charge on any atom is -0.493 e. The predicted octanol–water partition coefficient (Wildman–Crippen LogP) is 4.27. The summed E-state index contributed by atoms with van der Waals surface area (Å²) in [6, 6.07) is 12.6. The molecule has 0 aliphatic heterocycles. The van der Waals surface area contributed by atoms with Crippen LogP contribution in [0.5, 0.6) is 5.75 Å².